The number of hydrogen-bond acceptors (Lipinski definition) is 4. The van der Waals surface area contributed by atoms with E-state index in [0.717, 1.165) is 18.5 Å². The Morgan fingerprint density at radius 1 is 1.29 bits per heavy atom. The van der Waals surface area contributed by atoms with E-state index < -0.39 is 0 Å². The first kappa shape index (κ1) is 12.4. The van der Waals surface area contributed by atoms with Gasteiger partial charge in [-0.2, -0.15) is 4.98 Å². The monoisotopic (exact) mass is 271 g/mol. The molecule has 0 amide bonds. The number of hydrogen-bond donors (Lipinski definition) is 1. The molecule has 4 nitrogen and oxygen atoms in total. The number of benzene rings is 1. The maximum atomic E-state index is 5.92. The van der Waals surface area contributed by atoms with Gasteiger partial charge in [-0.3, -0.25) is 0 Å². The molecule has 0 fully saturated rings. The van der Waals surface area contributed by atoms with Crippen molar-refractivity contribution >= 4 is 23.2 Å². The highest BCUT2D eigenvalue weighted by molar-refractivity contribution is 6.42. The standard InChI is InChI=1S/C11H11Cl2N3O/c1-14-5-4-10-15-11(17-16-10)7-2-3-8(12)9(13)6-7/h2-3,6,14H,4-5H2,1H3. The number of rotatable bonds is 4. The predicted molar refractivity (Wildman–Crippen MR) is 67.4 cm³/mol. The molecule has 0 bridgehead atoms. The Labute approximate surface area is 109 Å². The molecular weight excluding hydrogens is 261 g/mol. The van der Waals surface area contributed by atoms with E-state index in [4.69, 9.17) is 27.7 Å². The van der Waals surface area contributed by atoms with Crippen LogP contribution in [0, 0.1) is 0 Å². The normalized spacial score (nSPS) is 10.8. The molecule has 1 N–H and O–H groups in total. The van der Waals surface area contributed by atoms with Crippen molar-refractivity contribution in [3.8, 4) is 11.5 Å². The minimum absolute atomic E-state index is 0.453. The average Bonchev–Trinajstić information content (AvgIpc) is 2.79. The van der Waals surface area contributed by atoms with Crippen LogP contribution in [0.4, 0.5) is 0 Å². The highest BCUT2D eigenvalue weighted by atomic mass is 35.5. The Morgan fingerprint density at radius 2 is 2.12 bits per heavy atom. The Hall–Kier alpha value is -1.10. The molecule has 1 heterocycles. The topological polar surface area (TPSA) is 51.0 Å². The molecule has 0 radical (unpaired) electrons. The van der Waals surface area contributed by atoms with Gasteiger partial charge in [-0.15, -0.1) is 0 Å². The van der Waals surface area contributed by atoms with Gasteiger partial charge in [0.2, 0.25) is 0 Å². The Balaban J connectivity index is 2.21. The number of halogens is 2. The smallest absolute Gasteiger partial charge is 0.257 e. The summed E-state index contributed by atoms with van der Waals surface area (Å²) in [5, 5.41) is 7.88. The van der Waals surface area contributed by atoms with Crippen LogP contribution in [0.3, 0.4) is 0 Å². The summed E-state index contributed by atoms with van der Waals surface area (Å²) in [7, 11) is 1.87. The minimum atomic E-state index is 0.453. The summed E-state index contributed by atoms with van der Waals surface area (Å²) in [4.78, 5) is 4.27. The molecule has 0 aliphatic carbocycles. The van der Waals surface area contributed by atoms with E-state index in [0.29, 0.717) is 21.8 Å². The summed E-state index contributed by atoms with van der Waals surface area (Å²) in [5.74, 6) is 1.12. The van der Waals surface area contributed by atoms with Crippen LogP contribution < -0.4 is 5.32 Å². The van der Waals surface area contributed by atoms with Gasteiger partial charge in [0.15, 0.2) is 5.82 Å². The van der Waals surface area contributed by atoms with Crippen LogP contribution in [0.2, 0.25) is 10.0 Å². The largest absolute Gasteiger partial charge is 0.334 e. The fourth-order valence-electron chi connectivity index (χ4n) is 1.34. The van der Waals surface area contributed by atoms with Crippen LogP contribution in [-0.4, -0.2) is 23.7 Å². The lowest BCUT2D eigenvalue weighted by Gasteiger charge is -1.97. The van der Waals surface area contributed by atoms with Gasteiger partial charge in [0.05, 0.1) is 10.0 Å². The third-order valence-electron chi connectivity index (χ3n) is 2.23. The molecule has 1 aromatic carbocycles. The third kappa shape index (κ3) is 2.97. The first-order valence-electron chi connectivity index (χ1n) is 5.13. The van der Waals surface area contributed by atoms with Gasteiger partial charge >= 0.3 is 0 Å². The molecular formula is C11H11Cl2N3O. The quantitative estimate of drug-likeness (QED) is 0.929. The first-order valence-corrected chi connectivity index (χ1v) is 5.89. The van der Waals surface area contributed by atoms with E-state index >= 15 is 0 Å². The molecule has 0 atom stereocenters. The molecule has 0 spiro atoms. The van der Waals surface area contributed by atoms with Crippen LogP contribution in [0.5, 0.6) is 0 Å². The molecule has 1 aromatic heterocycles. The lowest BCUT2D eigenvalue weighted by Crippen LogP contribution is -2.10. The Morgan fingerprint density at radius 3 is 2.82 bits per heavy atom. The molecule has 0 saturated carbocycles. The molecule has 90 valence electrons. The van der Waals surface area contributed by atoms with Crippen molar-refractivity contribution in [1.29, 1.82) is 0 Å². The predicted octanol–water partition coefficient (Wildman–Crippen LogP) is 2.81. The van der Waals surface area contributed by atoms with Crippen LogP contribution in [0.1, 0.15) is 5.82 Å². The van der Waals surface area contributed by atoms with Crippen LogP contribution >= 0.6 is 23.2 Å². The van der Waals surface area contributed by atoms with Crippen molar-refractivity contribution in [2.75, 3.05) is 13.6 Å². The van der Waals surface area contributed by atoms with E-state index in [2.05, 4.69) is 15.5 Å². The molecule has 0 saturated heterocycles. The maximum absolute atomic E-state index is 5.92. The van der Waals surface area contributed by atoms with Crippen molar-refractivity contribution in [3.05, 3.63) is 34.1 Å². The van der Waals surface area contributed by atoms with Gasteiger partial charge in [0.1, 0.15) is 0 Å². The highest BCUT2D eigenvalue weighted by Gasteiger charge is 2.09. The third-order valence-corrected chi connectivity index (χ3v) is 2.97. The van der Waals surface area contributed by atoms with E-state index in [1.807, 2.05) is 7.05 Å². The molecule has 17 heavy (non-hydrogen) atoms. The summed E-state index contributed by atoms with van der Waals surface area (Å²) in [6.07, 6.45) is 0.724. The summed E-state index contributed by atoms with van der Waals surface area (Å²) < 4.78 is 5.15. The molecule has 2 rings (SSSR count). The second kappa shape index (κ2) is 5.49. The van der Waals surface area contributed by atoms with Crippen LogP contribution in [-0.2, 0) is 6.42 Å². The second-order valence-electron chi connectivity index (χ2n) is 3.50. The summed E-state index contributed by atoms with van der Waals surface area (Å²) >= 11 is 11.8. The van der Waals surface area contributed by atoms with Gasteiger partial charge < -0.3 is 9.84 Å². The SMILES string of the molecule is CNCCc1noc(-c2ccc(Cl)c(Cl)c2)n1. The molecule has 0 aliphatic heterocycles. The fourth-order valence-corrected chi connectivity index (χ4v) is 1.64. The summed E-state index contributed by atoms with van der Waals surface area (Å²) in [5.41, 5.74) is 0.766. The Kier molecular flexibility index (Phi) is 3.99. The Bertz CT molecular complexity index is 513. The van der Waals surface area contributed by atoms with Crippen molar-refractivity contribution in [1.82, 2.24) is 15.5 Å². The number of likely N-dealkylation sites (N-methyl/N-ethyl adjacent to an activating group) is 1. The van der Waals surface area contributed by atoms with Gasteiger partial charge in [-0.05, 0) is 25.2 Å². The van der Waals surface area contributed by atoms with Crippen molar-refractivity contribution in [3.63, 3.8) is 0 Å². The van der Waals surface area contributed by atoms with E-state index in [9.17, 15) is 0 Å². The highest BCUT2D eigenvalue weighted by Crippen LogP contribution is 2.27. The van der Waals surface area contributed by atoms with E-state index in [1.54, 1.807) is 18.2 Å². The summed E-state index contributed by atoms with van der Waals surface area (Å²) in [6.45, 7) is 0.806. The second-order valence-corrected chi connectivity index (χ2v) is 4.31. The molecule has 2 aromatic rings. The summed E-state index contributed by atoms with van der Waals surface area (Å²) in [6, 6.07) is 5.21. The fraction of sp³-hybridized carbons (Fsp3) is 0.273. The van der Waals surface area contributed by atoms with E-state index in [1.165, 1.54) is 0 Å². The zero-order valence-corrected chi connectivity index (χ0v) is 10.7. The lowest BCUT2D eigenvalue weighted by molar-refractivity contribution is 0.422. The lowest BCUT2D eigenvalue weighted by atomic mass is 10.2. The zero-order valence-electron chi connectivity index (χ0n) is 9.20. The number of nitrogens with zero attached hydrogens (tertiary/aromatic N) is 2. The van der Waals surface area contributed by atoms with Gasteiger partial charge in [-0.25, -0.2) is 0 Å². The number of aromatic nitrogens is 2. The zero-order chi connectivity index (χ0) is 12.3. The first-order chi connectivity index (χ1) is 8.20. The number of nitrogens with one attached hydrogen (secondary N) is 1. The molecule has 6 heteroatoms. The van der Waals surface area contributed by atoms with E-state index in [-0.39, 0.29) is 0 Å². The van der Waals surface area contributed by atoms with Crippen molar-refractivity contribution in [2.24, 2.45) is 0 Å². The van der Waals surface area contributed by atoms with Crippen LogP contribution in [0.15, 0.2) is 22.7 Å². The molecule has 0 aliphatic rings. The minimum Gasteiger partial charge on any atom is -0.334 e. The van der Waals surface area contributed by atoms with Gasteiger partial charge in [-0.1, -0.05) is 28.4 Å². The van der Waals surface area contributed by atoms with Gasteiger partial charge in [0, 0.05) is 18.5 Å². The molecule has 0 unspecified atom stereocenters. The van der Waals surface area contributed by atoms with Crippen molar-refractivity contribution in [2.45, 2.75) is 6.42 Å². The maximum Gasteiger partial charge on any atom is 0.257 e. The van der Waals surface area contributed by atoms with Gasteiger partial charge in [0.25, 0.3) is 5.89 Å². The van der Waals surface area contributed by atoms with Crippen molar-refractivity contribution < 1.29 is 4.52 Å². The average molecular weight is 272 g/mol. The van der Waals surface area contributed by atoms with Crippen LogP contribution in [0.25, 0.3) is 11.5 Å².